The third-order valence-corrected chi connectivity index (χ3v) is 4.91. The van der Waals surface area contributed by atoms with Gasteiger partial charge in [-0.2, -0.15) is 0 Å². The Hall–Kier alpha value is -3.09. The molecule has 1 aliphatic rings. The second-order valence-electron chi connectivity index (χ2n) is 6.97. The molecular formula is C21H21FN4O2. The second kappa shape index (κ2) is 7.88. The number of carbonyl (C=O) groups excluding carboxylic acids is 1. The predicted molar refractivity (Wildman–Crippen MR) is 100 cm³/mol. The molecule has 4 rings (SSSR count). The summed E-state index contributed by atoms with van der Waals surface area (Å²) in [7, 11) is 0. The van der Waals surface area contributed by atoms with Gasteiger partial charge in [0, 0.05) is 19.2 Å². The molecule has 0 spiro atoms. The van der Waals surface area contributed by atoms with Crippen LogP contribution in [0.25, 0.3) is 0 Å². The zero-order valence-electron chi connectivity index (χ0n) is 15.6. The molecule has 0 aliphatic carbocycles. The van der Waals surface area contributed by atoms with Crippen molar-refractivity contribution in [3.8, 4) is 0 Å². The highest BCUT2D eigenvalue weighted by molar-refractivity contribution is 5.92. The van der Waals surface area contributed by atoms with Gasteiger partial charge in [-0.15, -0.1) is 0 Å². The number of carbonyl (C=O) groups is 1. The first-order valence-corrected chi connectivity index (χ1v) is 9.40. The Labute approximate surface area is 162 Å². The number of amides is 1. The van der Waals surface area contributed by atoms with E-state index >= 15 is 0 Å². The van der Waals surface area contributed by atoms with Crippen LogP contribution in [0.5, 0.6) is 0 Å². The van der Waals surface area contributed by atoms with Crippen molar-refractivity contribution in [3.05, 3.63) is 77.3 Å². The lowest BCUT2D eigenvalue weighted by Gasteiger charge is -2.33. The van der Waals surface area contributed by atoms with E-state index < -0.39 is 0 Å². The minimum Gasteiger partial charge on any atom is -0.443 e. The third-order valence-electron chi connectivity index (χ3n) is 4.91. The number of benzene rings is 1. The van der Waals surface area contributed by atoms with Crippen LogP contribution in [0.1, 0.15) is 58.8 Å². The first-order valence-electron chi connectivity index (χ1n) is 9.40. The number of hydrogen-bond donors (Lipinski definition) is 0. The Balaban J connectivity index is 1.54. The Kier molecular flexibility index (Phi) is 5.14. The number of halogens is 1. The van der Waals surface area contributed by atoms with E-state index in [9.17, 15) is 9.18 Å². The van der Waals surface area contributed by atoms with E-state index in [2.05, 4.69) is 15.0 Å². The number of likely N-dealkylation sites (tertiary alicyclic amines) is 1. The van der Waals surface area contributed by atoms with Crippen molar-refractivity contribution in [1.82, 2.24) is 19.9 Å². The number of aryl methyl sites for hydroxylation is 1. The molecule has 2 aromatic heterocycles. The van der Waals surface area contributed by atoms with E-state index in [1.807, 2.05) is 0 Å². The quantitative estimate of drug-likeness (QED) is 0.687. The summed E-state index contributed by atoms with van der Waals surface area (Å²) in [5, 5.41) is 0. The summed E-state index contributed by atoms with van der Waals surface area (Å²) in [6, 6.07) is 7.74. The van der Waals surface area contributed by atoms with E-state index in [0.29, 0.717) is 36.1 Å². The lowest BCUT2D eigenvalue weighted by Crippen LogP contribution is -2.39. The lowest BCUT2D eigenvalue weighted by molar-refractivity contribution is 0.0563. The molecule has 3 heterocycles. The van der Waals surface area contributed by atoms with Crippen LogP contribution in [0.3, 0.4) is 0 Å². The van der Waals surface area contributed by atoms with Crippen molar-refractivity contribution in [3.63, 3.8) is 0 Å². The van der Waals surface area contributed by atoms with E-state index in [1.165, 1.54) is 12.1 Å². The van der Waals surface area contributed by atoms with Crippen molar-refractivity contribution >= 4 is 5.91 Å². The van der Waals surface area contributed by atoms with Gasteiger partial charge in [0.1, 0.15) is 29.1 Å². The van der Waals surface area contributed by atoms with E-state index in [1.54, 1.807) is 42.4 Å². The highest BCUT2D eigenvalue weighted by Gasteiger charge is 2.32. The second-order valence-corrected chi connectivity index (χ2v) is 6.97. The van der Waals surface area contributed by atoms with Crippen LogP contribution in [0, 0.1) is 12.7 Å². The van der Waals surface area contributed by atoms with Gasteiger partial charge in [0.2, 0.25) is 5.89 Å². The summed E-state index contributed by atoms with van der Waals surface area (Å²) >= 11 is 0. The van der Waals surface area contributed by atoms with Crippen molar-refractivity contribution in [2.75, 3.05) is 6.54 Å². The summed E-state index contributed by atoms with van der Waals surface area (Å²) in [6.07, 6.45) is 6.55. The monoisotopic (exact) mass is 380 g/mol. The van der Waals surface area contributed by atoms with E-state index in [4.69, 9.17) is 4.42 Å². The Bertz CT molecular complexity index is 971. The predicted octanol–water partition coefficient (Wildman–Crippen LogP) is 3.87. The molecule has 1 aliphatic heterocycles. The number of hydrogen-bond acceptors (Lipinski definition) is 5. The topological polar surface area (TPSA) is 72.1 Å². The molecule has 7 heteroatoms. The minimum atomic E-state index is -0.265. The number of rotatable bonds is 4. The number of nitrogens with zero attached hydrogens (tertiary/aromatic N) is 4. The van der Waals surface area contributed by atoms with Gasteiger partial charge in [-0.05, 0) is 49.9 Å². The molecule has 1 unspecified atom stereocenters. The molecule has 0 saturated carbocycles. The summed E-state index contributed by atoms with van der Waals surface area (Å²) in [5.41, 5.74) is 1.33. The SMILES string of the molecule is Cc1nccc(C(=O)N2CCCCC2c2ncc(Cc3ccc(F)cc3)o2)n1. The number of piperidine rings is 1. The zero-order valence-corrected chi connectivity index (χ0v) is 15.6. The molecule has 1 saturated heterocycles. The van der Waals surface area contributed by atoms with Crippen LogP contribution in [-0.4, -0.2) is 32.3 Å². The molecule has 0 N–H and O–H groups in total. The minimum absolute atomic E-state index is 0.131. The van der Waals surface area contributed by atoms with E-state index in [-0.39, 0.29) is 17.8 Å². The molecule has 0 radical (unpaired) electrons. The Morgan fingerprint density at radius 3 is 2.82 bits per heavy atom. The van der Waals surface area contributed by atoms with Gasteiger partial charge < -0.3 is 9.32 Å². The molecule has 1 atom stereocenters. The highest BCUT2D eigenvalue weighted by atomic mass is 19.1. The maximum atomic E-state index is 13.1. The molecule has 3 aromatic rings. The number of aromatic nitrogens is 3. The maximum Gasteiger partial charge on any atom is 0.273 e. The van der Waals surface area contributed by atoms with Crippen molar-refractivity contribution in [2.45, 2.75) is 38.6 Å². The molecule has 6 nitrogen and oxygen atoms in total. The van der Waals surface area contributed by atoms with Crippen molar-refractivity contribution in [2.24, 2.45) is 0 Å². The molecule has 0 bridgehead atoms. The molecule has 1 aromatic carbocycles. The van der Waals surface area contributed by atoms with Crippen LogP contribution in [0.15, 0.2) is 47.1 Å². The zero-order chi connectivity index (χ0) is 19.5. The van der Waals surface area contributed by atoms with Crippen LogP contribution in [0.4, 0.5) is 4.39 Å². The van der Waals surface area contributed by atoms with Gasteiger partial charge >= 0.3 is 0 Å². The fourth-order valence-corrected chi connectivity index (χ4v) is 3.52. The van der Waals surface area contributed by atoms with Gasteiger partial charge in [0.05, 0.1) is 6.20 Å². The van der Waals surface area contributed by atoms with Crippen LogP contribution in [0.2, 0.25) is 0 Å². The number of oxazole rings is 1. The molecule has 28 heavy (non-hydrogen) atoms. The van der Waals surface area contributed by atoms with E-state index in [0.717, 1.165) is 24.8 Å². The smallest absolute Gasteiger partial charge is 0.273 e. The fraction of sp³-hybridized carbons (Fsp3) is 0.333. The molecule has 144 valence electrons. The van der Waals surface area contributed by atoms with Gasteiger partial charge in [0.15, 0.2) is 0 Å². The normalized spacial score (nSPS) is 16.9. The molecular weight excluding hydrogens is 359 g/mol. The average Bonchev–Trinajstić information content (AvgIpc) is 3.17. The average molecular weight is 380 g/mol. The van der Waals surface area contributed by atoms with Gasteiger partial charge in [-0.1, -0.05) is 12.1 Å². The Morgan fingerprint density at radius 1 is 1.21 bits per heavy atom. The lowest BCUT2D eigenvalue weighted by atomic mass is 10.0. The van der Waals surface area contributed by atoms with Crippen LogP contribution in [-0.2, 0) is 6.42 Å². The van der Waals surface area contributed by atoms with Gasteiger partial charge in [-0.25, -0.2) is 19.3 Å². The van der Waals surface area contributed by atoms with Crippen LogP contribution >= 0.6 is 0 Å². The van der Waals surface area contributed by atoms with Crippen molar-refractivity contribution in [1.29, 1.82) is 0 Å². The maximum absolute atomic E-state index is 13.1. The summed E-state index contributed by atoms with van der Waals surface area (Å²) < 4.78 is 19.0. The summed E-state index contributed by atoms with van der Waals surface area (Å²) in [4.78, 5) is 27.5. The third kappa shape index (κ3) is 3.93. The first kappa shape index (κ1) is 18.3. The Morgan fingerprint density at radius 2 is 2.04 bits per heavy atom. The van der Waals surface area contributed by atoms with Gasteiger partial charge in [0.25, 0.3) is 5.91 Å². The molecule has 1 fully saturated rings. The highest BCUT2D eigenvalue weighted by Crippen LogP contribution is 2.32. The largest absolute Gasteiger partial charge is 0.443 e. The molecule has 1 amide bonds. The summed E-state index contributed by atoms with van der Waals surface area (Å²) in [5.74, 6) is 1.40. The van der Waals surface area contributed by atoms with Crippen molar-refractivity contribution < 1.29 is 13.6 Å². The van der Waals surface area contributed by atoms with Crippen LogP contribution < -0.4 is 0 Å². The first-order chi connectivity index (χ1) is 13.6. The van der Waals surface area contributed by atoms with Gasteiger partial charge in [-0.3, -0.25) is 4.79 Å². The standard InChI is InChI=1S/C21H21FN4O2/c1-14-23-10-9-18(25-14)21(27)26-11-3-2-4-19(26)20-24-13-17(28-20)12-15-5-7-16(22)8-6-15/h5-10,13,19H,2-4,11-12H2,1H3. The fourth-order valence-electron chi connectivity index (χ4n) is 3.52. The summed E-state index contributed by atoms with van der Waals surface area (Å²) in [6.45, 7) is 2.41.